The predicted molar refractivity (Wildman–Crippen MR) is 129 cm³/mol. The van der Waals surface area contributed by atoms with E-state index in [9.17, 15) is 4.79 Å². The van der Waals surface area contributed by atoms with Gasteiger partial charge >= 0.3 is 0 Å². The Balaban J connectivity index is 1.31. The van der Waals surface area contributed by atoms with Crippen molar-refractivity contribution in [2.24, 2.45) is 0 Å². The van der Waals surface area contributed by atoms with Crippen LogP contribution in [-0.2, 0) is 13.0 Å². The number of hydrogen-bond donors (Lipinski definition) is 1. The number of aryl methyl sites for hydroxylation is 1. The molecule has 1 N–H and O–H groups in total. The van der Waals surface area contributed by atoms with Crippen molar-refractivity contribution in [2.45, 2.75) is 19.9 Å². The van der Waals surface area contributed by atoms with Gasteiger partial charge in [-0.25, -0.2) is 9.97 Å². The summed E-state index contributed by atoms with van der Waals surface area (Å²) < 4.78 is 11.2. The van der Waals surface area contributed by atoms with Crippen LogP contribution >= 0.6 is 11.3 Å². The van der Waals surface area contributed by atoms with Gasteiger partial charge in [-0.2, -0.15) is 0 Å². The standard InChI is InChI=1S/C25H22N4O3S/c1-15-21-23(29-9-8-16-4-2-3-5-17(16)13-29)26-14-27-25(21)33-22(15)24(30)28-18-6-7-19-20(12-18)32-11-10-31-19/h2-7,12,14H,8-11,13H2,1H3,(H,28,30). The summed E-state index contributed by atoms with van der Waals surface area (Å²) in [6.45, 7) is 4.70. The van der Waals surface area contributed by atoms with Crippen LogP contribution in [0.1, 0.15) is 26.4 Å². The molecule has 0 unspecified atom stereocenters. The molecule has 4 aromatic rings. The fourth-order valence-corrected chi connectivity index (χ4v) is 5.53. The third-order valence-corrected chi connectivity index (χ3v) is 7.34. The fourth-order valence-electron chi connectivity index (χ4n) is 4.49. The molecule has 2 aromatic carbocycles. The number of ether oxygens (including phenoxy) is 2. The van der Waals surface area contributed by atoms with Gasteiger partial charge in [0.1, 0.15) is 30.2 Å². The Morgan fingerprint density at radius 1 is 1.06 bits per heavy atom. The molecule has 0 saturated heterocycles. The van der Waals surface area contributed by atoms with Crippen molar-refractivity contribution < 1.29 is 14.3 Å². The molecule has 1 amide bonds. The maximum absolute atomic E-state index is 13.2. The summed E-state index contributed by atoms with van der Waals surface area (Å²) in [5.41, 5.74) is 4.28. The third-order valence-electron chi connectivity index (χ3n) is 6.14. The first-order valence-corrected chi connectivity index (χ1v) is 11.8. The van der Waals surface area contributed by atoms with Crippen LogP contribution < -0.4 is 19.7 Å². The van der Waals surface area contributed by atoms with Crippen molar-refractivity contribution in [1.82, 2.24) is 9.97 Å². The van der Waals surface area contributed by atoms with E-state index < -0.39 is 0 Å². The molecule has 8 heteroatoms. The molecular weight excluding hydrogens is 436 g/mol. The Morgan fingerprint density at radius 3 is 2.76 bits per heavy atom. The van der Waals surface area contributed by atoms with Crippen molar-refractivity contribution in [3.63, 3.8) is 0 Å². The van der Waals surface area contributed by atoms with Gasteiger partial charge < -0.3 is 19.7 Å². The van der Waals surface area contributed by atoms with Gasteiger partial charge in [-0.3, -0.25) is 4.79 Å². The van der Waals surface area contributed by atoms with E-state index in [0.29, 0.717) is 35.3 Å². The molecule has 0 atom stereocenters. The zero-order valence-corrected chi connectivity index (χ0v) is 18.9. The second-order valence-electron chi connectivity index (χ2n) is 8.19. The van der Waals surface area contributed by atoms with Crippen molar-refractivity contribution >= 4 is 39.0 Å². The highest BCUT2D eigenvalue weighted by Gasteiger charge is 2.24. The maximum atomic E-state index is 13.2. The molecule has 4 heterocycles. The molecule has 0 spiro atoms. The average molecular weight is 459 g/mol. The van der Waals surface area contributed by atoms with Gasteiger partial charge in [0, 0.05) is 24.8 Å². The topological polar surface area (TPSA) is 76.6 Å². The fraction of sp³-hybridized carbons (Fsp3) is 0.240. The van der Waals surface area contributed by atoms with Crippen molar-refractivity contribution in [3.8, 4) is 11.5 Å². The van der Waals surface area contributed by atoms with E-state index in [-0.39, 0.29) is 5.91 Å². The third kappa shape index (κ3) is 3.56. The van der Waals surface area contributed by atoms with Gasteiger partial charge in [0.2, 0.25) is 0 Å². The van der Waals surface area contributed by atoms with Crippen LogP contribution in [0.15, 0.2) is 48.8 Å². The van der Waals surface area contributed by atoms with Crippen molar-refractivity contribution in [3.05, 3.63) is 70.4 Å². The van der Waals surface area contributed by atoms with Gasteiger partial charge in [-0.1, -0.05) is 24.3 Å². The number of benzene rings is 2. The van der Waals surface area contributed by atoms with Crippen LogP contribution in [0.25, 0.3) is 10.2 Å². The van der Waals surface area contributed by atoms with Crippen LogP contribution in [-0.4, -0.2) is 35.6 Å². The molecule has 0 saturated carbocycles. The Kier molecular flexibility index (Phi) is 4.87. The molecule has 0 radical (unpaired) electrons. The number of carbonyl (C=O) groups is 1. The molecule has 0 aliphatic carbocycles. The van der Waals surface area contributed by atoms with Gasteiger partial charge in [-0.05, 0) is 42.2 Å². The Labute approximate surface area is 195 Å². The second kappa shape index (κ2) is 8.04. The van der Waals surface area contributed by atoms with E-state index in [1.165, 1.54) is 22.5 Å². The van der Waals surface area contributed by atoms with E-state index in [2.05, 4.69) is 44.5 Å². The van der Waals surface area contributed by atoms with E-state index in [1.54, 1.807) is 12.4 Å². The minimum atomic E-state index is -0.165. The number of anilines is 2. The number of nitrogens with zero attached hydrogens (tertiary/aromatic N) is 3. The van der Waals surface area contributed by atoms with Crippen LogP contribution in [0.5, 0.6) is 11.5 Å². The number of thiophene rings is 1. The van der Waals surface area contributed by atoms with E-state index in [4.69, 9.17) is 9.47 Å². The first-order valence-electron chi connectivity index (χ1n) is 10.9. The zero-order valence-electron chi connectivity index (χ0n) is 18.1. The first-order chi connectivity index (χ1) is 16.2. The summed E-state index contributed by atoms with van der Waals surface area (Å²) in [6.07, 6.45) is 2.57. The number of carbonyl (C=O) groups excluding carboxylic acids is 1. The van der Waals surface area contributed by atoms with E-state index in [1.807, 2.05) is 19.1 Å². The molecule has 2 aliphatic heterocycles. The highest BCUT2D eigenvalue weighted by atomic mass is 32.1. The molecule has 166 valence electrons. The van der Waals surface area contributed by atoms with Gasteiger partial charge in [0.05, 0.1) is 10.3 Å². The molecule has 33 heavy (non-hydrogen) atoms. The smallest absolute Gasteiger partial charge is 0.266 e. The van der Waals surface area contributed by atoms with Crippen LogP contribution in [0, 0.1) is 6.92 Å². The Bertz CT molecular complexity index is 1380. The molecule has 0 bridgehead atoms. The lowest BCUT2D eigenvalue weighted by molar-refractivity contribution is 0.103. The summed E-state index contributed by atoms with van der Waals surface area (Å²) in [5.74, 6) is 2.06. The Morgan fingerprint density at radius 2 is 1.88 bits per heavy atom. The number of nitrogens with one attached hydrogen (secondary N) is 1. The minimum Gasteiger partial charge on any atom is -0.486 e. The van der Waals surface area contributed by atoms with Crippen LogP contribution in [0.2, 0.25) is 0 Å². The molecule has 0 fully saturated rings. The quantitative estimate of drug-likeness (QED) is 0.484. The highest BCUT2D eigenvalue weighted by Crippen LogP contribution is 2.37. The average Bonchev–Trinajstić information content (AvgIpc) is 3.20. The monoisotopic (exact) mass is 458 g/mol. The number of amides is 1. The molecular formula is C25H22N4O3S. The SMILES string of the molecule is Cc1c(C(=O)Nc2ccc3c(c2)OCCO3)sc2ncnc(N3CCc4ccccc4C3)c12. The summed E-state index contributed by atoms with van der Waals surface area (Å²) >= 11 is 1.40. The van der Waals surface area contributed by atoms with E-state index in [0.717, 1.165) is 41.1 Å². The summed E-state index contributed by atoms with van der Waals surface area (Å²) in [7, 11) is 0. The van der Waals surface area contributed by atoms with Crippen LogP contribution in [0.3, 0.4) is 0 Å². The lowest BCUT2D eigenvalue weighted by Gasteiger charge is -2.30. The predicted octanol–water partition coefficient (Wildman–Crippen LogP) is 4.59. The first kappa shape index (κ1) is 20.0. The maximum Gasteiger partial charge on any atom is 0.266 e. The number of aromatic nitrogens is 2. The highest BCUT2D eigenvalue weighted by molar-refractivity contribution is 7.20. The molecule has 7 nitrogen and oxygen atoms in total. The van der Waals surface area contributed by atoms with Gasteiger partial charge in [-0.15, -0.1) is 11.3 Å². The largest absolute Gasteiger partial charge is 0.486 e. The lowest BCUT2D eigenvalue weighted by Crippen LogP contribution is -2.31. The summed E-state index contributed by atoms with van der Waals surface area (Å²) in [4.78, 5) is 26.0. The minimum absolute atomic E-state index is 0.165. The number of hydrogen-bond acceptors (Lipinski definition) is 7. The van der Waals surface area contributed by atoms with Crippen molar-refractivity contribution in [2.75, 3.05) is 30.0 Å². The van der Waals surface area contributed by atoms with Crippen molar-refractivity contribution in [1.29, 1.82) is 0 Å². The normalized spacial score (nSPS) is 14.8. The summed E-state index contributed by atoms with van der Waals surface area (Å²) in [6, 6.07) is 14.0. The Hall–Kier alpha value is -3.65. The van der Waals surface area contributed by atoms with Gasteiger partial charge in [0.25, 0.3) is 5.91 Å². The molecule has 6 rings (SSSR count). The summed E-state index contributed by atoms with van der Waals surface area (Å²) in [5, 5.41) is 3.95. The number of rotatable bonds is 3. The molecule has 2 aliphatic rings. The van der Waals surface area contributed by atoms with Crippen LogP contribution in [0.4, 0.5) is 11.5 Å². The van der Waals surface area contributed by atoms with Gasteiger partial charge in [0.15, 0.2) is 11.5 Å². The van der Waals surface area contributed by atoms with E-state index >= 15 is 0 Å². The lowest BCUT2D eigenvalue weighted by atomic mass is 9.99. The molecule has 2 aromatic heterocycles. The second-order valence-corrected chi connectivity index (χ2v) is 9.19. The number of fused-ring (bicyclic) bond motifs is 3. The zero-order chi connectivity index (χ0) is 22.4.